The van der Waals surface area contributed by atoms with Crippen molar-refractivity contribution in [3.05, 3.63) is 72.3 Å². The molecule has 1 N–H and O–H groups in total. The molecule has 210 valence electrons. The van der Waals surface area contributed by atoms with Crippen molar-refractivity contribution in [2.45, 2.75) is 63.8 Å². The number of amides is 2. The first-order valence-electron chi connectivity index (χ1n) is 13.6. The van der Waals surface area contributed by atoms with Crippen molar-refractivity contribution in [1.82, 2.24) is 10.2 Å². The van der Waals surface area contributed by atoms with E-state index in [4.69, 9.17) is 14.3 Å². The van der Waals surface area contributed by atoms with Crippen molar-refractivity contribution in [1.29, 1.82) is 0 Å². The minimum absolute atomic E-state index is 0.102. The van der Waals surface area contributed by atoms with Crippen molar-refractivity contribution < 1.29 is 28.7 Å². The zero-order valence-corrected chi connectivity index (χ0v) is 23.3. The summed E-state index contributed by atoms with van der Waals surface area (Å²) >= 11 is 0. The lowest BCUT2D eigenvalue weighted by Crippen LogP contribution is -2.53. The van der Waals surface area contributed by atoms with Gasteiger partial charge in [0.1, 0.15) is 29.0 Å². The molecule has 9 nitrogen and oxygen atoms in total. The highest BCUT2D eigenvalue weighted by Gasteiger charge is 2.62. The van der Waals surface area contributed by atoms with E-state index in [9.17, 15) is 14.4 Å². The number of benzene rings is 2. The Labute approximate surface area is 234 Å². The number of rotatable bonds is 7. The smallest absolute Gasteiger partial charge is 0.411 e. The lowest BCUT2D eigenvalue weighted by atomic mass is 10.1. The van der Waals surface area contributed by atoms with E-state index in [2.05, 4.69) is 17.1 Å². The van der Waals surface area contributed by atoms with Crippen LogP contribution in [0.4, 0.5) is 4.79 Å². The van der Waals surface area contributed by atoms with Crippen LogP contribution in [0.1, 0.15) is 51.7 Å². The van der Waals surface area contributed by atoms with Crippen LogP contribution in [0.15, 0.2) is 66.3 Å². The molecular formula is C31H35N3O6. The molecule has 1 saturated carbocycles. The Hall–Kier alpha value is -4.14. The third-order valence-corrected chi connectivity index (χ3v) is 7.43. The highest BCUT2D eigenvalue weighted by atomic mass is 16.6. The van der Waals surface area contributed by atoms with Gasteiger partial charge in [-0.2, -0.15) is 0 Å². The molecule has 2 aromatic carbocycles. The molecule has 0 bridgehead atoms. The van der Waals surface area contributed by atoms with Crippen LogP contribution in [0.25, 0.3) is 11.1 Å². The quantitative estimate of drug-likeness (QED) is 0.267. The lowest BCUT2D eigenvalue weighted by molar-refractivity contribution is -0.149. The largest absolute Gasteiger partial charge is 0.464 e. The Morgan fingerprint density at radius 3 is 2.20 bits per heavy atom. The second-order valence-electron chi connectivity index (χ2n) is 11.4. The minimum Gasteiger partial charge on any atom is -0.464 e. The van der Waals surface area contributed by atoms with E-state index in [0.29, 0.717) is 12.1 Å². The van der Waals surface area contributed by atoms with E-state index in [0.717, 1.165) is 22.3 Å². The summed E-state index contributed by atoms with van der Waals surface area (Å²) in [5, 5.41) is 7.39. The molecule has 1 aliphatic heterocycles. The number of esters is 1. The number of nitrogens with one attached hydrogen (secondary N) is 1. The van der Waals surface area contributed by atoms with Crippen molar-refractivity contribution in [3.8, 4) is 11.1 Å². The van der Waals surface area contributed by atoms with Gasteiger partial charge in [-0.05, 0) is 45.2 Å². The van der Waals surface area contributed by atoms with Crippen LogP contribution in [0, 0.1) is 5.92 Å². The van der Waals surface area contributed by atoms with Crippen LogP contribution in [-0.2, 0) is 23.9 Å². The number of ether oxygens (including phenoxy) is 2. The van der Waals surface area contributed by atoms with Gasteiger partial charge in [0.05, 0.1) is 13.2 Å². The number of carbonyl (C=O) groups is 3. The number of fused-ring (bicyclic) bond motifs is 3. The Kier molecular flexibility index (Phi) is 7.16. The maximum Gasteiger partial charge on any atom is 0.411 e. The lowest BCUT2D eigenvalue weighted by Gasteiger charge is -2.28. The summed E-state index contributed by atoms with van der Waals surface area (Å²) in [6.07, 6.45) is 1.01. The molecule has 4 atom stereocenters. The summed E-state index contributed by atoms with van der Waals surface area (Å²) < 4.78 is 10.8. The second-order valence-corrected chi connectivity index (χ2v) is 11.4. The summed E-state index contributed by atoms with van der Waals surface area (Å²) in [6, 6.07) is 15.0. The Bertz CT molecular complexity index is 1330. The molecule has 2 fully saturated rings. The molecule has 2 aliphatic carbocycles. The molecule has 40 heavy (non-hydrogen) atoms. The highest BCUT2D eigenvalue weighted by molar-refractivity contribution is 6.24. The number of likely N-dealkylation sites (tertiary alicyclic amines) is 1. The van der Waals surface area contributed by atoms with Gasteiger partial charge >= 0.3 is 12.1 Å². The molecule has 0 spiro atoms. The van der Waals surface area contributed by atoms with Crippen LogP contribution >= 0.6 is 0 Å². The maximum atomic E-state index is 13.6. The average molecular weight is 546 g/mol. The van der Waals surface area contributed by atoms with E-state index >= 15 is 0 Å². The highest BCUT2D eigenvalue weighted by Crippen LogP contribution is 2.46. The van der Waals surface area contributed by atoms with Gasteiger partial charge in [-0.25, -0.2) is 9.59 Å². The van der Waals surface area contributed by atoms with Gasteiger partial charge in [-0.15, -0.1) is 6.58 Å². The topological polar surface area (TPSA) is 107 Å². The fourth-order valence-electron chi connectivity index (χ4n) is 5.43. The monoisotopic (exact) mass is 545 g/mol. The Morgan fingerprint density at radius 2 is 1.68 bits per heavy atom. The molecule has 3 aliphatic rings. The second kappa shape index (κ2) is 10.4. The van der Waals surface area contributed by atoms with Crippen molar-refractivity contribution in [3.63, 3.8) is 0 Å². The van der Waals surface area contributed by atoms with E-state index in [1.807, 2.05) is 48.5 Å². The average Bonchev–Trinajstić information content (AvgIpc) is 3.31. The van der Waals surface area contributed by atoms with Gasteiger partial charge in [0.15, 0.2) is 0 Å². The van der Waals surface area contributed by atoms with E-state index < -0.39 is 41.3 Å². The molecule has 0 radical (unpaired) electrons. The van der Waals surface area contributed by atoms with Crippen LogP contribution in [0.2, 0.25) is 0 Å². The summed E-state index contributed by atoms with van der Waals surface area (Å²) in [5.41, 5.74) is 2.84. The van der Waals surface area contributed by atoms with Crippen molar-refractivity contribution >= 4 is 23.7 Å². The number of carbonyl (C=O) groups excluding carboxylic acids is 3. The summed E-state index contributed by atoms with van der Waals surface area (Å²) in [5.74, 6) is -1.22. The van der Waals surface area contributed by atoms with E-state index in [1.165, 1.54) is 4.90 Å². The predicted octanol–water partition coefficient (Wildman–Crippen LogP) is 4.44. The van der Waals surface area contributed by atoms with E-state index in [1.54, 1.807) is 33.8 Å². The van der Waals surface area contributed by atoms with Gasteiger partial charge in [0.2, 0.25) is 5.91 Å². The Morgan fingerprint density at radius 1 is 1.07 bits per heavy atom. The third-order valence-electron chi connectivity index (χ3n) is 7.43. The molecule has 0 unspecified atom stereocenters. The summed E-state index contributed by atoms with van der Waals surface area (Å²) in [6.45, 7) is 11.1. The van der Waals surface area contributed by atoms with Gasteiger partial charge in [-0.1, -0.05) is 59.8 Å². The summed E-state index contributed by atoms with van der Waals surface area (Å²) in [7, 11) is 0. The molecule has 1 saturated heterocycles. The van der Waals surface area contributed by atoms with Gasteiger partial charge in [0, 0.05) is 23.5 Å². The van der Waals surface area contributed by atoms with E-state index in [-0.39, 0.29) is 25.5 Å². The Balaban J connectivity index is 1.38. The van der Waals surface area contributed by atoms with Crippen LogP contribution in [0.5, 0.6) is 0 Å². The molecule has 9 heteroatoms. The fourth-order valence-corrected chi connectivity index (χ4v) is 5.43. The first-order chi connectivity index (χ1) is 19.1. The zero-order valence-electron chi connectivity index (χ0n) is 23.3. The molecule has 2 amide bonds. The number of oxime groups is 1. The first-order valence-corrected chi connectivity index (χ1v) is 13.6. The standard InChI is InChI=1S/C31H35N3O6/c1-6-19-17-31(19,28(36)38-7-2)32-27(35)25-16-20(18-34(25)29(37)39-30(3,4)5)40-33-26-23-14-10-8-12-21(23)22-13-9-11-15-24(22)26/h6,8-15,19-20,25H,1,7,16-18H2,2-5H3,(H,32,35)/t19-,20-,25+,31-/m1/s1. The van der Waals surface area contributed by atoms with Crippen LogP contribution in [0.3, 0.4) is 0 Å². The summed E-state index contributed by atoms with van der Waals surface area (Å²) in [4.78, 5) is 46.9. The normalized spacial score (nSPS) is 24.4. The maximum absolute atomic E-state index is 13.6. The molecule has 1 heterocycles. The van der Waals surface area contributed by atoms with Crippen molar-refractivity contribution in [2.24, 2.45) is 11.1 Å². The number of hydrogen-bond donors (Lipinski definition) is 1. The van der Waals surface area contributed by atoms with Crippen LogP contribution < -0.4 is 5.32 Å². The SMILES string of the molecule is C=C[C@@H]1C[C@]1(NC(=O)[C@@H]1C[C@@H](ON=C2c3ccccc3-c3ccccc32)CN1C(=O)OC(C)(C)C)C(=O)OCC. The molecule has 5 rings (SSSR count). The predicted molar refractivity (Wildman–Crippen MR) is 150 cm³/mol. The zero-order chi connectivity index (χ0) is 28.7. The third kappa shape index (κ3) is 5.08. The number of hydrogen-bond acceptors (Lipinski definition) is 7. The van der Waals surface area contributed by atoms with Gasteiger partial charge in [0.25, 0.3) is 0 Å². The fraction of sp³-hybridized carbons (Fsp3) is 0.419. The van der Waals surface area contributed by atoms with Crippen LogP contribution in [-0.4, -0.2) is 65.0 Å². The number of nitrogens with zero attached hydrogens (tertiary/aromatic N) is 2. The molecule has 2 aromatic rings. The van der Waals surface area contributed by atoms with Crippen molar-refractivity contribution in [2.75, 3.05) is 13.2 Å². The molecular weight excluding hydrogens is 510 g/mol. The first kappa shape index (κ1) is 27.4. The van der Waals surface area contributed by atoms with Gasteiger partial charge in [-0.3, -0.25) is 9.69 Å². The minimum atomic E-state index is -1.18. The van der Waals surface area contributed by atoms with Gasteiger partial charge < -0.3 is 19.6 Å². The molecule has 0 aromatic heterocycles.